The van der Waals surface area contributed by atoms with Gasteiger partial charge in [0.1, 0.15) is 6.73 Å². The fourth-order valence-corrected chi connectivity index (χ4v) is 3.33. The lowest BCUT2D eigenvalue weighted by Crippen LogP contribution is -1.99. The van der Waals surface area contributed by atoms with Crippen LogP contribution in [0.1, 0.15) is 11.3 Å². The molecule has 0 atom stereocenters. The van der Waals surface area contributed by atoms with E-state index in [-0.39, 0.29) is 6.73 Å². The molecule has 21 heavy (non-hydrogen) atoms. The van der Waals surface area contributed by atoms with Crippen molar-refractivity contribution in [2.75, 3.05) is 0 Å². The first-order chi connectivity index (χ1) is 10.2. The number of pyridine rings is 1. The van der Waals surface area contributed by atoms with Gasteiger partial charge in [0.2, 0.25) is 0 Å². The van der Waals surface area contributed by atoms with Crippen molar-refractivity contribution in [2.24, 2.45) is 0 Å². The predicted octanol–water partition coefficient (Wildman–Crippen LogP) is 3.64. The normalized spacial score (nSPS) is 11.2. The van der Waals surface area contributed by atoms with Gasteiger partial charge in [-0.15, -0.1) is 0 Å². The number of aliphatic hydroxyl groups is 1. The molecular weight excluding hydrogens is 306 g/mol. The van der Waals surface area contributed by atoms with Gasteiger partial charge in [-0.05, 0) is 30.7 Å². The molecule has 0 aliphatic carbocycles. The number of hydrogen-bond donors (Lipinski definition) is 1. The zero-order chi connectivity index (χ0) is 14.8. The first kappa shape index (κ1) is 14.4. The van der Waals surface area contributed by atoms with Gasteiger partial charge in [0.05, 0.1) is 16.7 Å². The predicted molar refractivity (Wildman–Crippen MR) is 85.5 cm³/mol. The quantitative estimate of drug-likeness (QED) is 0.746. The summed E-state index contributed by atoms with van der Waals surface area (Å²) < 4.78 is 1.79. The molecule has 1 aromatic carbocycles. The zero-order valence-electron chi connectivity index (χ0n) is 11.5. The second-order valence-electron chi connectivity index (χ2n) is 4.61. The lowest BCUT2D eigenvalue weighted by Gasteiger charge is -2.07. The lowest BCUT2D eigenvalue weighted by molar-refractivity contribution is 0.205. The Bertz CT molecular complexity index is 788. The number of benzene rings is 1. The van der Waals surface area contributed by atoms with Crippen molar-refractivity contribution in [3.63, 3.8) is 0 Å². The van der Waals surface area contributed by atoms with E-state index in [0.29, 0.717) is 5.75 Å². The van der Waals surface area contributed by atoms with Crippen LogP contribution in [-0.2, 0) is 12.5 Å². The van der Waals surface area contributed by atoms with Gasteiger partial charge in [-0.3, -0.25) is 9.55 Å². The van der Waals surface area contributed by atoms with Gasteiger partial charge in [-0.1, -0.05) is 35.5 Å². The molecule has 0 radical (unpaired) electrons. The number of aliphatic hydroxyl groups excluding tert-OH is 1. The lowest BCUT2D eigenvalue weighted by atomic mass is 10.2. The van der Waals surface area contributed by atoms with Gasteiger partial charge in [0.15, 0.2) is 5.16 Å². The number of thioether (sulfide) groups is 1. The van der Waals surface area contributed by atoms with Crippen molar-refractivity contribution in [3.05, 3.63) is 52.8 Å². The van der Waals surface area contributed by atoms with E-state index in [1.807, 2.05) is 31.2 Å². The molecule has 6 heteroatoms. The Hall–Kier alpha value is -1.56. The Morgan fingerprint density at radius 2 is 2.10 bits per heavy atom. The highest BCUT2D eigenvalue weighted by atomic mass is 35.5. The minimum atomic E-state index is -0.0925. The number of rotatable bonds is 4. The molecule has 2 heterocycles. The molecule has 0 aliphatic heterocycles. The summed E-state index contributed by atoms with van der Waals surface area (Å²) in [6.07, 6.45) is 1.71. The molecule has 2 aromatic heterocycles. The van der Waals surface area contributed by atoms with Crippen LogP contribution >= 0.6 is 23.4 Å². The molecule has 0 spiro atoms. The fourth-order valence-electron chi connectivity index (χ4n) is 2.13. The molecule has 4 nitrogen and oxygen atoms in total. The third kappa shape index (κ3) is 2.77. The Balaban J connectivity index is 1.90. The highest BCUT2D eigenvalue weighted by Crippen LogP contribution is 2.28. The molecule has 3 rings (SSSR count). The maximum Gasteiger partial charge on any atom is 0.171 e. The maximum absolute atomic E-state index is 9.57. The average molecular weight is 320 g/mol. The summed E-state index contributed by atoms with van der Waals surface area (Å²) in [5.41, 5.74) is 3.73. The Labute approximate surface area is 131 Å². The third-order valence-electron chi connectivity index (χ3n) is 3.34. The van der Waals surface area contributed by atoms with Gasteiger partial charge in [-0.25, -0.2) is 4.98 Å². The Morgan fingerprint density at radius 3 is 2.90 bits per heavy atom. The summed E-state index contributed by atoms with van der Waals surface area (Å²) in [7, 11) is 0. The molecule has 0 aliphatic rings. The van der Waals surface area contributed by atoms with E-state index in [2.05, 4.69) is 9.97 Å². The molecule has 3 aromatic rings. The van der Waals surface area contributed by atoms with Crippen LogP contribution in [0.3, 0.4) is 0 Å². The van der Waals surface area contributed by atoms with E-state index in [4.69, 9.17) is 11.6 Å². The summed E-state index contributed by atoms with van der Waals surface area (Å²) in [5.74, 6) is 0.662. The second kappa shape index (κ2) is 6.05. The molecular formula is C15H14ClN3OS. The van der Waals surface area contributed by atoms with Crippen molar-refractivity contribution in [1.82, 2.24) is 14.5 Å². The molecule has 0 fully saturated rings. The van der Waals surface area contributed by atoms with Gasteiger partial charge in [0.25, 0.3) is 0 Å². The monoisotopic (exact) mass is 319 g/mol. The highest BCUT2D eigenvalue weighted by molar-refractivity contribution is 7.98. The van der Waals surface area contributed by atoms with Gasteiger partial charge in [0, 0.05) is 17.0 Å². The number of halogens is 1. The van der Waals surface area contributed by atoms with Gasteiger partial charge in [-0.2, -0.15) is 0 Å². The molecule has 0 amide bonds. The van der Waals surface area contributed by atoms with E-state index < -0.39 is 0 Å². The minimum absolute atomic E-state index is 0.0925. The Morgan fingerprint density at radius 1 is 1.29 bits per heavy atom. The van der Waals surface area contributed by atoms with Crippen LogP contribution in [0.15, 0.2) is 41.7 Å². The number of fused-ring (bicyclic) bond motifs is 1. The van der Waals surface area contributed by atoms with Crippen molar-refractivity contribution >= 4 is 34.4 Å². The number of imidazole rings is 1. The average Bonchev–Trinajstić information content (AvgIpc) is 2.86. The topological polar surface area (TPSA) is 50.9 Å². The fraction of sp³-hybridized carbons (Fsp3) is 0.200. The molecule has 108 valence electrons. The van der Waals surface area contributed by atoms with E-state index in [9.17, 15) is 5.11 Å². The van der Waals surface area contributed by atoms with Crippen LogP contribution in [0.4, 0.5) is 0 Å². The molecule has 0 saturated heterocycles. The van der Waals surface area contributed by atoms with Crippen LogP contribution in [0.2, 0.25) is 5.02 Å². The first-order valence-electron chi connectivity index (χ1n) is 6.49. The van der Waals surface area contributed by atoms with Crippen LogP contribution < -0.4 is 0 Å². The van der Waals surface area contributed by atoms with Crippen molar-refractivity contribution in [3.8, 4) is 0 Å². The van der Waals surface area contributed by atoms with Gasteiger partial charge < -0.3 is 5.11 Å². The number of para-hydroxylation sites is 2. The van der Waals surface area contributed by atoms with Crippen LogP contribution in [0, 0.1) is 6.92 Å². The summed E-state index contributed by atoms with van der Waals surface area (Å²) in [5, 5.41) is 11.1. The molecule has 0 bridgehead atoms. The molecule has 1 N–H and O–H groups in total. The molecule has 0 unspecified atom stereocenters. The summed E-state index contributed by atoms with van der Waals surface area (Å²) in [6, 6.07) is 9.55. The van der Waals surface area contributed by atoms with E-state index >= 15 is 0 Å². The maximum atomic E-state index is 9.57. The summed E-state index contributed by atoms with van der Waals surface area (Å²) in [6.45, 7) is 1.87. The number of hydrogen-bond acceptors (Lipinski definition) is 4. The van der Waals surface area contributed by atoms with Crippen LogP contribution in [0.5, 0.6) is 0 Å². The van der Waals surface area contributed by atoms with Crippen LogP contribution in [0.25, 0.3) is 11.0 Å². The SMILES string of the molecule is Cc1c(Cl)ccnc1CSc1nc2ccccc2n1CO. The highest BCUT2D eigenvalue weighted by Gasteiger charge is 2.12. The van der Waals surface area contributed by atoms with E-state index in [1.165, 1.54) is 0 Å². The zero-order valence-corrected chi connectivity index (χ0v) is 13.0. The standard InChI is InChI=1S/C15H14ClN3OS/c1-10-11(16)6-7-17-13(10)8-21-15-18-12-4-2-3-5-14(12)19(15)9-20/h2-7,20H,8-9H2,1H3. The van der Waals surface area contributed by atoms with Crippen LogP contribution in [-0.4, -0.2) is 19.6 Å². The smallest absolute Gasteiger partial charge is 0.171 e. The number of aromatic nitrogens is 3. The minimum Gasteiger partial charge on any atom is -0.376 e. The molecule has 0 saturated carbocycles. The largest absolute Gasteiger partial charge is 0.376 e. The second-order valence-corrected chi connectivity index (χ2v) is 5.96. The van der Waals surface area contributed by atoms with Crippen molar-refractivity contribution in [1.29, 1.82) is 0 Å². The third-order valence-corrected chi connectivity index (χ3v) is 4.74. The van der Waals surface area contributed by atoms with Crippen molar-refractivity contribution in [2.45, 2.75) is 24.6 Å². The summed E-state index contributed by atoms with van der Waals surface area (Å²) in [4.78, 5) is 8.91. The van der Waals surface area contributed by atoms with E-state index in [0.717, 1.165) is 32.5 Å². The Kier molecular flexibility index (Phi) is 4.14. The number of nitrogens with zero attached hydrogens (tertiary/aromatic N) is 3. The van der Waals surface area contributed by atoms with E-state index in [1.54, 1.807) is 28.6 Å². The van der Waals surface area contributed by atoms with Crippen molar-refractivity contribution < 1.29 is 5.11 Å². The van der Waals surface area contributed by atoms with Gasteiger partial charge >= 0.3 is 0 Å². The summed E-state index contributed by atoms with van der Waals surface area (Å²) >= 11 is 7.65. The first-order valence-corrected chi connectivity index (χ1v) is 7.86.